The van der Waals surface area contributed by atoms with Gasteiger partial charge in [-0.05, 0) is 6.92 Å². The Balaban J connectivity index is 1.70. The van der Waals surface area contributed by atoms with E-state index in [9.17, 15) is 0 Å². The van der Waals surface area contributed by atoms with Gasteiger partial charge in [0, 0.05) is 24.4 Å². The van der Waals surface area contributed by atoms with Crippen molar-refractivity contribution >= 4 is 11.3 Å². The summed E-state index contributed by atoms with van der Waals surface area (Å²) in [5.74, 6) is 0.670. The van der Waals surface area contributed by atoms with Gasteiger partial charge in [-0.15, -0.1) is 11.3 Å². The van der Waals surface area contributed by atoms with E-state index in [4.69, 9.17) is 4.52 Å². The number of rotatable bonds is 5. The number of aromatic nitrogens is 3. The van der Waals surface area contributed by atoms with Crippen molar-refractivity contribution in [1.29, 1.82) is 0 Å². The van der Waals surface area contributed by atoms with Crippen molar-refractivity contribution in [3.8, 4) is 0 Å². The van der Waals surface area contributed by atoms with E-state index in [2.05, 4.69) is 20.4 Å². The molecule has 0 saturated heterocycles. The van der Waals surface area contributed by atoms with E-state index < -0.39 is 0 Å². The van der Waals surface area contributed by atoms with Gasteiger partial charge in [0.1, 0.15) is 0 Å². The Hall–Kier alpha value is -1.27. The van der Waals surface area contributed by atoms with Crippen molar-refractivity contribution < 1.29 is 4.52 Å². The molecule has 0 atom stereocenters. The highest BCUT2D eigenvalue weighted by atomic mass is 32.1. The molecule has 2 rings (SSSR count). The molecular weight excluding hydrogens is 212 g/mol. The number of aryl methyl sites for hydroxylation is 1. The van der Waals surface area contributed by atoms with Crippen LogP contribution in [0.4, 0.5) is 0 Å². The maximum absolute atomic E-state index is 4.88. The molecule has 5 nitrogen and oxygen atoms in total. The number of thiazole rings is 1. The first-order valence-electron chi connectivity index (χ1n) is 4.71. The Bertz CT molecular complexity index is 398. The summed E-state index contributed by atoms with van der Waals surface area (Å²) in [6.07, 6.45) is 2.18. The first-order chi connectivity index (χ1) is 7.36. The lowest BCUT2D eigenvalue weighted by Crippen LogP contribution is -2.16. The van der Waals surface area contributed by atoms with E-state index in [1.54, 1.807) is 11.3 Å². The molecule has 0 aliphatic rings. The molecule has 0 fully saturated rings. The fourth-order valence-corrected chi connectivity index (χ4v) is 1.95. The van der Waals surface area contributed by atoms with Gasteiger partial charge in [0.2, 0.25) is 5.89 Å². The molecule has 80 valence electrons. The third kappa shape index (κ3) is 2.84. The van der Waals surface area contributed by atoms with Crippen LogP contribution >= 0.6 is 11.3 Å². The minimum absolute atomic E-state index is 0.670. The van der Waals surface area contributed by atoms with Crippen molar-refractivity contribution in [2.75, 3.05) is 6.54 Å². The standard InChI is InChI=1S/C9H12N4OS/c1-7-8(15-6-12-7)4-10-3-2-9-11-5-13-14-9/h5-6,10H,2-4H2,1H3. The molecule has 0 radical (unpaired) electrons. The third-order valence-electron chi connectivity index (χ3n) is 2.05. The molecule has 1 N–H and O–H groups in total. The van der Waals surface area contributed by atoms with E-state index >= 15 is 0 Å². The molecule has 0 aliphatic carbocycles. The number of hydrogen-bond donors (Lipinski definition) is 1. The Morgan fingerprint density at radius 1 is 1.47 bits per heavy atom. The molecule has 0 unspecified atom stereocenters. The zero-order chi connectivity index (χ0) is 10.5. The summed E-state index contributed by atoms with van der Waals surface area (Å²) in [6.45, 7) is 3.70. The second kappa shape index (κ2) is 4.99. The average Bonchev–Trinajstić information content (AvgIpc) is 2.85. The smallest absolute Gasteiger partial charge is 0.227 e. The predicted octanol–water partition coefficient (Wildman–Crippen LogP) is 1.17. The minimum Gasteiger partial charge on any atom is -0.340 e. The molecule has 0 amide bonds. The van der Waals surface area contributed by atoms with E-state index in [1.807, 2.05) is 12.4 Å². The van der Waals surface area contributed by atoms with Crippen LogP contribution in [0.15, 0.2) is 16.4 Å². The Labute approximate surface area is 91.5 Å². The fraction of sp³-hybridized carbons (Fsp3) is 0.444. The van der Waals surface area contributed by atoms with Gasteiger partial charge in [0.05, 0.1) is 11.2 Å². The SMILES string of the molecule is Cc1ncsc1CNCCc1ncno1. The highest BCUT2D eigenvalue weighted by Crippen LogP contribution is 2.10. The predicted molar refractivity (Wildman–Crippen MR) is 56.6 cm³/mol. The van der Waals surface area contributed by atoms with Gasteiger partial charge in [-0.25, -0.2) is 4.98 Å². The van der Waals surface area contributed by atoms with Crippen LogP contribution in [0.3, 0.4) is 0 Å². The zero-order valence-corrected chi connectivity index (χ0v) is 9.25. The molecule has 15 heavy (non-hydrogen) atoms. The quantitative estimate of drug-likeness (QED) is 0.772. The topological polar surface area (TPSA) is 63.8 Å². The summed E-state index contributed by atoms with van der Waals surface area (Å²) >= 11 is 1.67. The Morgan fingerprint density at radius 2 is 2.40 bits per heavy atom. The van der Waals surface area contributed by atoms with Gasteiger partial charge < -0.3 is 9.84 Å². The first-order valence-corrected chi connectivity index (χ1v) is 5.59. The lowest BCUT2D eigenvalue weighted by atomic mass is 10.3. The fourth-order valence-electron chi connectivity index (χ4n) is 1.20. The Morgan fingerprint density at radius 3 is 3.07 bits per heavy atom. The van der Waals surface area contributed by atoms with Gasteiger partial charge in [-0.1, -0.05) is 5.16 Å². The van der Waals surface area contributed by atoms with Crippen molar-refractivity contribution in [2.24, 2.45) is 0 Å². The summed E-state index contributed by atoms with van der Waals surface area (Å²) in [4.78, 5) is 9.40. The molecular formula is C9H12N4OS. The molecule has 0 aromatic carbocycles. The second-order valence-electron chi connectivity index (χ2n) is 3.12. The van der Waals surface area contributed by atoms with Crippen LogP contribution in [-0.2, 0) is 13.0 Å². The number of nitrogens with zero attached hydrogens (tertiary/aromatic N) is 3. The normalized spacial score (nSPS) is 10.7. The molecule has 0 bridgehead atoms. The molecule has 0 saturated carbocycles. The maximum atomic E-state index is 4.88. The first kappa shape index (κ1) is 10.3. The summed E-state index contributed by atoms with van der Waals surface area (Å²) in [7, 11) is 0. The maximum Gasteiger partial charge on any atom is 0.227 e. The van der Waals surface area contributed by atoms with Gasteiger partial charge in [-0.3, -0.25) is 0 Å². The number of hydrogen-bond acceptors (Lipinski definition) is 6. The Kier molecular flexibility index (Phi) is 3.41. The molecule has 2 aromatic heterocycles. The van der Waals surface area contributed by atoms with Crippen molar-refractivity contribution in [3.05, 3.63) is 28.3 Å². The molecule has 6 heteroatoms. The third-order valence-corrected chi connectivity index (χ3v) is 2.99. The summed E-state index contributed by atoms with van der Waals surface area (Å²) in [5.41, 5.74) is 2.97. The van der Waals surface area contributed by atoms with Gasteiger partial charge >= 0.3 is 0 Å². The zero-order valence-electron chi connectivity index (χ0n) is 8.43. The minimum atomic E-state index is 0.670. The van der Waals surface area contributed by atoms with Crippen molar-refractivity contribution in [3.63, 3.8) is 0 Å². The number of nitrogens with one attached hydrogen (secondary N) is 1. The summed E-state index contributed by atoms with van der Waals surface area (Å²) in [5, 5.41) is 6.85. The highest BCUT2D eigenvalue weighted by molar-refractivity contribution is 7.09. The lowest BCUT2D eigenvalue weighted by Gasteiger charge is -2.00. The molecule has 2 aromatic rings. The second-order valence-corrected chi connectivity index (χ2v) is 4.06. The molecule has 0 spiro atoms. The summed E-state index contributed by atoms with van der Waals surface area (Å²) in [6, 6.07) is 0. The van der Waals surface area contributed by atoms with Crippen LogP contribution in [0.1, 0.15) is 16.5 Å². The van der Waals surface area contributed by atoms with Gasteiger partial charge in [-0.2, -0.15) is 4.98 Å². The monoisotopic (exact) mass is 224 g/mol. The summed E-state index contributed by atoms with van der Waals surface area (Å²) < 4.78 is 4.88. The van der Waals surface area contributed by atoms with Crippen LogP contribution in [0.2, 0.25) is 0 Å². The van der Waals surface area contributed by atoms with Crippen LogP contribution in [-0.4, -0.2) is 21.7 Å². The molecule has 2 heterocycles. The lowest BCUT2D eigenvalue weighted by molar-refractivity contribution is 0.375. The van der Waals surface area contributed by atoms with E-state index in [1.165, 1.54) is 11.2 Å². The van der Waals surface area contributed by atoms with Crippen LogP contribution < -0.4 is 5.32 Å². The van der Waals surface area contributed by atoms with Crippen molar-refractivity contribution in [2.45, 2.75) is 19.9 Å². The highest BCUT2D eigenvalue weighted by Gasteiger charge is 2.01. The van der Waals surface area contributed by atoms with Gasteiger partial charge in [0.15, 0.2) is 6.33 Å². The van der Waals surface area contributed by atoms with Crippen molar-refractivity contribution in [1.82, 2.24) is 20.4 Å². The van der Waals surface area contributed by atoms with E-state index in [-0.39, 0.29) is 0 Å². The van der Waals surface area contributed by atoms with E-state index in [0.29, 0.717) is 5.89 Å². The molecule has 0 aliphatic heterocycles. The van der Waals surface area contributed by atoms with Crippen LogP contribution in [0.25, 0.3) is 0 Å². The van der Waals surface area contributed by atoms with Gasteiger partial charge in [0.25, 0.3) is 0 Å². The largest absolute Gasteiger partial charge is 0.340 e. The van der Waals surface area contributed by atoms with Crippen LogP contribution in [0.5, 0.6) is 0 Å². The average molecular weight is 224 g/mol. The van der Waals surface area contributed by atoms with Crippen LogP contribution in [0, 0.1) is 6.92 Å². The van der Waals surface area contributed by atoms with E-state index in [0.717, 1.165) is 25.2 Å².